The summed E-state index contributed by atoms with van der Waals surface area (Å²) in [6, 6.07) is 15.4. The molecule has 2 aromatic rings. The fraction of sp³-hybridized carbons (Fsp3) is 0.435. The minimum atomic E-state index is -1.97. The van der Waals surface area contributed by atoms with Crippen LogP contribution in [0.25, 0.3) is 0 Å². The van der Waals surface area contributed by atoms with Crippen LogP contribution in [0.2, 0.25) is 16.6 Å². The van der Waals surface area contributed by atoms with Gasteiger partial charge in [-0.05, 0) is 47.8 Å². The zero-order valence-corrected chi connectivity index (χ0v) is 18.2. The summed E-state index contributed by atoms with van der Waals surface area (Å²) in [6.07, 6.45) is 0. The van der Waals surface area contributed by atoms with E-state index in [1.165, 1.54) is 0 Å². The molecule has 2 aromatic carbocycles. The smallest absolute Gasteiger partial charge is 0.258 e. The summed E-state index contributed by atoms with van der Waals surface area (Å²) >= 11 is 0. The second kappa shape index (κ2) is 8.21. The van der Waals surface area contributed by atoms with Gasteiger partial charge in [-0.15, -0.1) is 0 Å². The molecule has 0 saturated carbocycles. The Hall–Kier alpha value is -1.87. The molecule has 0 radical (unpaired) electrons. The molecular weight excluding hydrogens is 336 g/mol. The summed E-state index contributed by atoms with van der Waals surface area (Å²) in [5, 5.41) is 0. The Kier molecular flexibility index (Phi) is 6.46. The molecule has 0 N–H and O–H groups in total. The Bertz CT molecular complexity index is 706. The predicted octanol–water partition coefficient (Wildman–Crippen LogP) is 6.78. The van der Waals surface area contributed by atoms with Gasteiger partial charge in [0, 0.05) is 11.1 Å². The van der Waals surface area contributed by atoms with Gasteiger partial charge < -0.3 is 4.43 Å². The Morgan fingerprint density at radius 3 is 1.50 bits per heavy atom. The maximum atomic E-state index is 12.6. The van der Waals surface area contributed by atoms with Crippen molar-refractivity contribution in [2.24, 2.45) is 0 Å². The molecule has 0 amide bonds. The van der Waals surface area contributed by atoms with Crippen molar-refractivity contribution in [1.29, 1.82) is 0 Å². The zero-order chi connectivity index (χ0) is 19.5. The molecule has 0 aliphatic heterocycles. The number of rotatable bonds is 7. The van der Waals surface area contributed by atoms with E-state index in [4.69, 9.17) is 4.43 Å². The highest BCUT2D eigenvalue weighted by molar-refractivity contribution is 6.78. The molecule has 0 aliphatic carbocycles. The van der Waals surface area contributed by atoms with Crippen LogP contribution >= 0.6 is 0 Å². The lowest BCUT2D eigenvalue weighted by Crippen LogP contribution is -2.50. The molecule has 0 spiro atoms. The lowest BCUT2D eigenvalue weighted by Gasteiger charge is -2.42. The van der Waals surface area contributed by atoms with Gasteiger partial charge >= 0.3 is 0 Å². The van der Waals surface area contributed by atoms with E-state index in [9.17, 15) is 4.79 Å². The summed E-state index contributed by atoms with van der Waals surface area (Å²) in [7, 11) is -1.97. The van der Waals surface area contributed by atoms with E-state index in [0.717, 1.165) is 16.9 Å². The van der Waals surface area contributed by atoms with Crippen molar-refractivity contribution in [1.82, 2.24) is 0 Å². The van der Waals surface area contributed by atoms with Crippen molar-refractivity contribution < 1.29 is 9.22 Å². The van der Waals surface area contributed by atoms with Crippen LogP contribution in [-0.4, -0.2) is 14.1 Å². The molecule has 2 rings (SSSR count). The third-order valence-corrected chi connectivity index (χ3v) is 11.4. The molecule has 2 nitrogen and oxygen atoms in total. The van der Waals surface area contributed by atoms with Crippen LogP contribution in [0.15, 0.2) is 48.5 Å². The maximum Gasteiger partial charge on any atom is 0.258 e. The standard InChI is InChI=1S/C23H32O2Si/c1-16(2)26(17(3)4,18(5)6)25-22-14-12-21(13-15-22)23(24)20-10-8-19(7)9-11-20/h8-18H,1-7H3. The number of carbonyl (C=O) groups excluding carboxylic acids is 1. The Morgan fingerprint density at radius 1 is 0.731 bits per heavy atom. The van der Waals surface area contributed by atoms with Crippen molar-refractivity contribution in [2.75, 3.05) is 0 Å². The molecule has 26 heavy (non-hydrogen) atoms. The van der Waals surface area contributed by atoms with Crippen LogP contribution in [0.5, 0.6) is 5.75 Å². The highest BCUT2D eigenvalue weighted by Crippen LogP contribution is 2.42. The molecule has 140 valence electrons. The van der Waals surface area contributed by atoms with E-state index in [1.807, 2.05) is 55.5 Å². The minimum absolute atomic E-state index is 0.0524. The molecule has 0 unspecified atom stereocenters. The average Bonchev–Trinajstić information content (AvgIpc) is 2.59. The minimum Gasteiger partial charge on any atom is -0.543 e. The van der Waals surface area contributed by atoms with Crippen molar-refractivity contribution in [3.05, 3.63) is 65.2 Å². The van der Waals surface area contributed by atoms with Crippen molar-refractivity contribution in [2.45, 2.75) is 65.1 Å². The van der Waals surface area contributed by atoms with Crippen molar-refractivity contribution in [3.63, 3.8) is 0 Å². The summed E-state index contributed by atoms with van der Waals surface area (Å²) in [5.41, 5.74) is 4.15. The van der Waals surface area contributed by atoms with Crippen molar-refractivity contribution >= 4 is 14.1 Å². The van der Waals surface area contributed by atoms with Gasteiger partial charge in [0.15, 0.2) is 5.78 Å². The Morgan fingerprint density at radius 2 is 1.12 bits per heavy atom. The second-order valence-corrected chi connectivity index (χ2v) is 13.5. The normalized spacial score (nSPS) is 12.1. The molecule has 0 atom stereocenters. The van der Waals surface area contributed by atoms with Gasteiger partial charge in [0.25, 0.3) is 8.32 Å². The molecule has 0 aromatic heterocycles. The SMILES string of the molecule is Cc1ccc(C(=O)c2ccc(O[Si](C(C)C)(C(C)C)C(C)C)cc2)cc1. The number of aryl methyl sites for hydroxylation is 1. The van der Waals surface area contributed by atoms with Crippen molar-refractivity contribution in [3.8, 4) is 5.75 Å². The van der Waals surface area contributed by atoms with E-state index in [1.54, 1.807) is 0 Å². The summed E-state index contributed by atoms with van der Waals surface area (Å²) < 4.78 is 6.67. The van der Waals surface area contributed by atoms with Gasteiger partial charge in [-0.1, -0.05) is 71.4 Å². The van der Waals surface area contributed by atoms with Crippen LogP contribution in [0, 0.1) is 6.92 Å². The lowest BCUT2D eigenvalue weighted by atomic mass is 10.0. The van der Waals surface area contributed by atoms with Crippen LogP contribution in [0.4, 0.5) is 0 Å². The summed E-state index contributed by atoms with van der Waals surface area (Å²) in [6.45, 7) is 15.7. The van der Waals surface area contributed by atoms with Crippen LogP contribution < -0.4 is 4.43 Å². The number of ketones is 1. The fourth-order valence-corrected chi connectivity index (χ4v) is 9.36. The first-order valence-corrected chi connectivity index (χ1v) is 11.7. The predicted molar refractivity (Wildman–Crippen MR) is 113 cm³/mol. The molecule has 0 saturated heterocycles. The van der Waals surface area contributed by atoms with Crippen LogP contribution in [0.1, 0.15) is 63.0 Å². The second-order valence-electron chi connectivity index (χ2n) is 8.14. The van der Waals surface area contributed by atoms with Gasteiger partial charge in [-0.2, -0.15) is 0 Å². The highest BCUT2D eigenvalue weighted by atomic mass is 28.4. The maximum absolute atomic E-state index is 12.6. The molecule has 0 heterocycles. The van der Waals surface area contributed by atoms with E-state index < -0.39 is 8.32 Å². The van der Waals surface area contributed by atoms with Crippen LogP contribution in [0.3, 0.4) is 0 Å². The number of carbonyl (C=O) groups is 1. The summed E-state index contributed by atoms with van der Waals surface area (Å²) in [5.74, 6) is 0.935. The highest BCUT2D eigenvalue weighted by Gasteiger charge is 2.46. The Labute approximate surface area is 159 Å². The monoisotopic (exact) mass is 368 g/mol. The number of benzene rings is 2. The molecule has 0 fully saturated rings. The first kappa shape index (κ1) is 20.4. The third-order valence-electron chi connectivity index (χ3n) is 5.43. The number of hydrogen-bond acceptors (Lipinski definition) is 2. The molecule has 3 heteroatoms. The van der Waals surface area contributed by atoms with Gasteiger partial charge in [-0.25, -0.2) is 0 Å². The quantitative estimate of drug-likeness (QED) is 0.398. The number of hydrogen-bond donors (Lipinski definition) is 0. The largest absolute Gasteiger partial charge is 0.543 e. The molecular formula is C23H32O2Si. The van der Waals surface area contributed by atoms with Gasteiger partial charge in [0.05, 0.1) is 0 Å². The van der Waals surface area contributed by atoms with Gasteiger partial charge in [0.1, 0.15) is 5.75 Å². The fourth-order valence-electron chi connectivity index (χ4n) is 4.10. The van der Waals surface area contributed by atoms with E-state index in [-0.39, 0.29) is 5.78 Å². The first-order valence-electron chi connectivity index (χ1n) is 9.59. The first-order chi connectivity index (χ1) is 12.2. The van der Waals surface area contributed by atoms with Crippen LogP contribution in [-0.2, 0) is 0 Å². The lowest BCUT2D eigenvalue weighted by molar-refractivity contribution is 0.103. The third kappa shape index (κ3) is 4.09. The van der Waals surface area contributed by atoms with Gasteiger partial charge in [-0.3, -0.25) is 4.79 Å². The topological polar surface area (TPSA) is 26.3 Å². The zero-order valence-electron chi connectivity index (χ0n) is 17.2. The molecule has 0 bridgehead atoms. The summed E-state index contributed by atoms with van der Waals surface area (Å²) in [4.78, 5) is 12.6. The van der Waals surface area contributed by atoms with E-state index >= 15 is 0 Å². The Balaban J connectivity index is 2.25. The van der Waals surface area contributed by atoms with Gasteiger partial charge in [0.2, 0.25) is 0 Å². The van der Waals surface area contributed by atoms with E-state index in [2.05, 4.69) is 41.5 Å². The average molecular weight is 369 g/mol. The van der Waals surface area contributed by atoms with E-state index in [0.29, 0.717) is 22.2 Å². The molecule has 0 aliphatic rings.